The molecule has 14 heavy (non-hydrogen) atoms. The highest BCUT2D eigenvalue weighted by atomic mass is 35.5. The van der Waals surface area contributed by atoms with Gasteiger partial charge in [0.25, 0.3) is 5.91 Å². The second kappa shape index (κ2) is 3.15. The number of anilines is 1. The lowest BCUT2D eigenvalue weighted by Gasteiger charge is -1.96. The van der Waals surface area contributed by atoms with Gasteiger partial charge in [0.15, 0.2) is 0 Å². The van der Waals surface area contributed by atoms with Crippen molar-refractivity contribution in [2.75, 3.05) is 5.73 Å². The van der Waals surface area contributed by atoms with Crippen LogP contribution in [-0.2, 0) is 0 Å². The lowest BCUT2D eigenvalue weighted by atomic mass is 10.1. The molecule has 0 atom stereocenters. The van der Waals surface area contributed by atoms with Crippen molar-refractivity contribution < 1.29 is 4.79 Å². The molecule has 0 bridgehead atoms. The highest BCUT2D eigenvalue weighted by Gasteiger charge is 2.16. The SMILES string of the molecule is NC(=O)c1c(N)sc2cccc(Cl)c12. The second-order valence-corrected chi connectivity index (χ2v) is 4.31. The summed E-state index contributed by atoms with van der Waals surface area (Å²) in [6.07, 6.45) is 0. The number of nitrogen functional groups attached to an aromatic ring is 1. The Kier molecular flexibility index (Phi) is 2.09. The van der Waals surface area contributed by atoms with Crippen molar-refractivity contribution in [2.45, 2.75) is 0 Å². The van der Waals surface area contributed by atoms with Gasteiger partial charge in [0.2, 0.25) is 0 Å². The molecule has 72 valence electrons. The van der Waals surface area contributed by atoms with Crippen molar-refractivity contribution in [2.24, 2.45) is 5.73 Å². The molecule has 0 saturated heterocycles. The summed E-state index contributed by atoms with van der Waals surface area (Å²) in [5, 5.41) is 1.58. The predicted molar refractivity (Wildman–Crippen MR) is 59.8 cm³/mol. The zero-order valence-corrected chi connectivity index (χ0v) is 8.65. The van der Waals surface area contributed by atoms with Crippen LogP contribution < -0.4 is 11.5 Å². The molecule has 1 heterocycles. The van der Waals surface area contributed by atoms with Gasteiger partial charge in [0.1, 0.15) is 0 Å². The van der Waals surface area contributed by atoms with Gasteiger partial charge in [-0.3, -0.25) is 4.79 Å². The summed E-state index contributed by atoms with van der Waals surface area (Å²) in [6, 6.07) is 5.38. The molecule has 4 N–H and O–H groups in total. The van der Waals surface area contributed by atoms with Crippen molar-refractivity contribution in [1.29, 1.82) is 0 Å². The van der Waals surface area contributed by atoms with Crippen LogP contribution in [-0.4, -0.2) is 5.91 Å². The first-order valence-electron chi connectivity index (χ1n) is 3.87. The highest BCUT2D eigenvalue weighted by molar-refractivity contribution is 7.23. The molecule has 5 heteroatoms. The van der Waals surface area contributed by atoms with Crippen molar-refractivity contribution in [3.8, 4) is 0 Å². The van der Waals surface area contributed by atoms with Gasteiger partial charge in [-0.2, -0.15) is 0 Å². The summed E-state index contributed by atoms with van der Waals surface area (Å²) in [6.45, 7) is 0. The standard InChI is InChI=1S/C9H7ClN2OS/c10-4-2-1-3-5-6(4)7(8(11)13)9(12)14-5/h1-3H,12H2,(H2,11,13). The third kappa shape index (κ3) is 1.23. The molecule has 0 spiro atoms. The highest BCUT2D eigenvalue weighted by Crippen LogP contribution is 2.37. The molecule has 0 radical (unpaired) electrons. The molecule has 2 rings (SSSR count). The van der Waals surface area contributed by atoms with Crippen molar-refractivity contribution in [3.63, 3.8) is 0 Å². The summed E-state index contributed by atoms with van der Waals surface area (Å²) in [5.41, 5.74) is 11.2. The van der Waals surface area contributed by atoms with Gasteiger partial charge in [-0.25, -0.2) is 0 Å². The molecule has 0 fully saturated rings. The lowest BCUT2D eigenvalue weighted by Crippen LogP contribution is -2.12. The maximum atomic E-state index is 11.1. The number of benzene rings is 1. The fraction of sp³-hybridized carbons (Fsp3) is 0. The fourth-order valence-electron chi connectivity index (χ4n) is 1.37. The number of amides is 1. The van der Waals surface area contributed by atoms with Crippen LogP contribution in [0.3, 0.4) is 0 Å². The van der Waals surface area contributed by atoms with E-state index in [9.17, 15) is 4.79 Å². The molecule has 0 aliphatic rings. The number of fused-ring (bicyclic) bond motifs is 1. The topological polar surface area (TPSA) is 69.1 Å². The molecule has 0 unspecified atom stereocenters. The molecular weight excluding hydrogens is 220 g/mol. The van der Waals surface area contributed by atoms with E-state index in [2.05, 4.69) is 0 Å². The maximum Gasteiger partial charge on any atom is 0.252 e. The molecule has 1 amide bonds. The third-order valence-corrected chi connectivity index (χ3v) is 3.24. The maximum absolute atomic E-state index is 11.1. The van der Waals surface area contributed by atoms with E-state index in [1.54, 1.807) is 6.07 Å². The van der Waals surface area contributed by atoms with E-state index in [4.69, 9.17) is 23.1 Å². The van der Waals surface area contributed by atoms with Gasteiger partial charge in [0.05, 0.1) is 15.6 Å². The first-order chi connectivity index (χ1) is 6.61. The normalized spacial score (nSPS) is 10.6. The average Bonchev–Trinajstić information content (AvgIpc) is 2.42. The van der Waals surface area contributed by atoms with E-state index < -0.39 is 5.91 Å². The van der Waals surface area contributed by atoms with Gasteiger partial charge >= 0.3 is 0 Å². The van der Waals surface area contributed by atoms with E-state index in [1.807, 2.05) is 12.1 Å². The number of rotatable bonds is 1. The Morgan fingerprint density at radius 2 is 2.14 bits per heavy atom. The number of primary amides is 1. The minimum atomic E-state index is -0.540. The first kappa shape index (κ1) is 9.30. The fourth-order valence-corrected chi connectivity index (χ4v) is 2.70. The third-order valence-electron chi connectivity index (χ3n) is 1.94. The monoisotopic (exact) mass is 226 g/mol. The van der Waals surface area contributed by atoms with Crippen LogP contribution in [0.2, 0.25) is 5.02 Å². The zero-order chi connectivity index (χ0) is 10.3. The molecule has 0 saturated carbocycles. The van der Waals surface area contributed by atoms with Crippen LogP contribution >= 0.6 is 22.9 Å². The largest absolute Gasteiger partial charge is 0.390 e. The molecule has 1 aromatic heterocycles. The number of carbonyl (C=O) groups excluding carboxylic acids is 1. The van der Waals surface area contributed by atoms with Gasteiger partial charge in [-0.15, -0.1) is 11.3 Å². The van der Waals surface area contributed by atoms with Gasteiger partial charge in [-0.05, 0) is 12.1 Å². The van der Waals surface area contributed by atoms with Crippen molar-refractivity contribution >= 4 is 43.9 Å². The summed E-state index contributed by atoms with van der Waals surface area (Å²) in [7, 11) is 0. The van der Waals surface area contributed by atoms with Gasteiger partial charge in [-0.1, -0.05) is 17.7 Å². The number of thiophene rings is 1. The Balaban J connectivity index is 2.93. The van der Waals surface area contributed by atoms with Crippen molar-refractivity contribution in [1.82, 2.24) is 0 Å². The Morgan fingerprint density at radius 1 is 1.43 bits per heavy atom. The number of hydrogen-bond acceptors (Lipinski definition) is 3. The number of nitrogens with two attached hydrogens (primary N) is 2. The van der Waals surface area contributed by atoms with E-state index >= 15 is 0 Å². The minimum absolute atomic E-state index is 0.329. The summed E-state index contributed by atoms with van der Waals surface area (Å²) >= 11 is 7.28. The molecule has 0 aliphatic carbocycles. The molecule has 1 aromatic carbocycles. The van der Waals surface area contributed by atoms with Crippen LogP contribution in [0.5, 0.6) is 0 Å². The van der Waals surface area contributed by atoms with Crippen LogP contribution in [0.1, 0.15) is 10.4 Å². The average molecular weight is 227 g/mol. The molecule has 2 aromatic rings. The number of carbonyl (C=O) groups is 1. The second-order valence-electron chi connectivity index (χ2n) is 2.82. The summed E-state index contributed by atoms with van der Waals surface area (Å²) < 4.78 is 0.879. The number of halogens is 1. The molecular formula is C9H7ClN2OS. The van der Waals surface area contributed by atoms with Gasteiger partial charge < -0.3 is 11.5 Å². The van der Waals surface area contributed by atoms with Crippen LogP contribution in [0, 0.1) is 0 Å². The van der Waals surface area contributed by atoms with E-state index in [0.717, 1.165) is 4.70 Å². The van der Waals surface area contributed by atoms with Crippen LogP contribution in [0.15, 0.2) is 18.2 Å². The first-order valence-corrected chi connectivity index (χ1v) is 5.07. The molecule has 3 nitrogen and oxygen atoms in total. The van der Waals surface area contributed by atoms with E-state index in [1.165, 1.54) is 11.3 Å². The summed E-state index contributed by atoms with van der Waals surface area (Å²) in [4.78, 5) is 11.1. The predicted octanol–water partition coefficient (Wildman–Crippen LogP) is 2.24. The lowest BCUT2D eigenvalue weighted by molar-refractivity contribution is 0.100. The van der Waals surface area contributed by atoms with Crippen LogP contribution in [0.4, 0.5) is 5.00 Å². The Labute approximate surface area is 89.3 Å². The Morgan fingerprint density at radius 3 is 2.79 bits per heavy atom. The van der Waals surface area contributed by atoms with E-state index in [0.29, 0.717) is 21.0 Å². The van der Waals surface area contributed by atoms with Crippen molar-refractivity contribution in [3.05, 3.63) is 28.8 Å². The Hall–Kier alpha value is -1.26. The number of hydrogen-bond donors (Lipinski definition) is 2. The van der Waals surface area contributed by atoms with Gasteiger partial charge in [0, 0.05) is 10.1 Å². The summed E-state index contributed by atoms with van der Waals surface area (Å²) in [5.74, 6) is -0.540. The quantitative estimate of drug-likeness (QED) is 0.783. The van der Waals surface area contributed by atoms with E-state index in [-0.39, 0.29) is 0 Å². The zero-order valence-electron chi connectivity index (χ0n) is 7.08. The minimum Gasteiger partial charge on any atom is -0.390 e. The Bertz CT molecular complexity index is 521. The smallest absolute Gasteiger partial charge is 0.252 e. The molecule has 0 aliphatic heterocycles. The van der Waals surface area contributed by atoms with Crippen LogP contribution in [0.25, 0.3) is 10.1 Å².